The molecule has 1 unspecified atom stereocenters. The lowest BCUT2D eigenvalue weighted by atomic mass is 9.86. The molecule has 0 radical (unpaired) electrons. The molecule has 1 aromatic carbocycles. The Morgan fingerprint density at radius 2 is 1.97 bits per heavy atom. The van der Waals surface area contributed by atoms with Gasteiger partial charge in [-0.25, -0.2) is 4.68 Å². The maximum absolute atomic E-state index is 12.9. The summed E-state index contributed by atoms with van der Waals surface area (Å²) in [5.41, 5.74) is 1.04. The minimum Gasteiger partial charge on any atom is -0.342 e. The van der Waals surface area contributed by atoms with Gasteiger partial charge in [0.15, 0.2) is 0 Å². The van der Waals surface area contributed by atoms with Crippen molar-refractivity contribution in [1.29, 1.82) is 0 Å². The predicted octanol–water partition coefficient (Wildman–Crippen LogP) is 1.14. The molecule has 0 N–H and O–H groups in total. The van der Waals surface area contributed by atoms with Gasteiger partial charge in [-0.1, -0.05) is 24.3 Å². The van der Waals surface area contributed by atoms with Gasteiger partial charge in [0, 0.05) is 38.0 Å². The Bertz CT molecular complexity index is 1100. The van der Waals surface area contributed by atoms with Gasteiger partial charge in [0.25, 0.3) is 0 Å². The second-order valence-electron chi connectivity index (χ2n) is 9.08. The van der Waals surface area contributed by atoms with E-state index in [1.807, 2.05) is 36.1 Å². The van der Waals surface area contributed by atoms with Gasteiger partial charge < -0.3 is 4.90 Å². The molecule has 0 bridgehead atoms. The van der Waals surface area contributed by atoms with Crippen molar-refractivity contribution in [2.45, 2.75) is 52.1 Å². The van der Waals surface area contributed by atoms with Gasteiger partial charge in [-0.2, -0.15) is 5.10 Å². The van der Waals surface area contributed by atoms with Gasteiger partial charge in [-0.15, -0.1) is 0 Å². The Kier molecular flexibility index (Phi) is 4.22. The maximum atomic E-state index is 12.9. The molecule has 29 heavy (non-hydrogen) atoms. The fraction of sp³-hybridized carbons (Fsp3) is 0.545. The lowest BCUT2D eigenvalue weighted by Crippen LogP contribution is -2.43. The molecule has 3 aliphatic rings. The molecular formula is C22H26N4O3. The number of aryl methyl sites for hydroxylation is 1. The van der Waals surface area contributed by atoms with Crippen LogP contribution < -0.4 is 11.1 Å². The van der Waals surface area contributed by atoms with Gasteiger partial charge in [0.2, 0.25) is 5.91 Å². The molecule has 1 spiro atoms. The Morgan fingerprint density at radius 1 is 1.17 bits per heavy atom. The van der Waals surface area contributed by atoms with Crippen molar-refractivity contribution < 1.29 is 4.79 Å². The van der Waals surface area contributed by atoms with Crippen molar-refractivity contribution in [2.75, 3.05) is 13.1 Å². The highest BCUT2D eigenvalue weighted by Gasteiger charge is 2.46. The van der Waals surface area contributed by atoms with E-state index in [0.29, 0.717) is 50.8 Å². The highest BCUT2D eigenvalue weighted by Crippen LogP contribution is 2.39. The molecule has 152 valence electrons. The molecule has 7 nitrogen and oxygen atoms in total. The van der Waals surface area contributed by atoms with Crippen molar-refractivity contribution >= 4 is 5.91 Å². The van der Waals surface area contributed by atoms with Gasteiger partial charge in [0.1, 0.15) is 5.82 Å². The quantitative estimate of drug-likeness (QED) is 0.729. The maximum Gasteiger partial charge on any atom is 0.332 e. The zero-order valence-electron chi connectivity index (χ0n) is 16.8. The summed E-state index contributed by atoms with van der Waals surface area (Å²) in [6.45, 7) is 4.38. The van der Waals surface area contributed by atoms with E-state index >= 15 is 0 Å². The van der Waals surface area contributed by atoms with E-state index < -0.39 is 11.1 Å². The van der Waals surface area contributed by atoms with Crippen LogP contribution in [-0.2, 0) is 30.7 Å². The van der Waals surface area contributed by atoms with E-state index in [1.54, 1.807) is 4.57 Å². The second kappa shape index (κ2) is 6.68. The zero-order chi connectivity index (χ0) is 20.2. The summed E-state index contributed by atoms with van der Waals surface area (Å²) in [4.78, 5) is 39.8. The Balaban J connectivity index is 1.33. The highest BCUT2D eigenvalue weighted by molar-refractivity contribution is 5.79. The topological polar surface area (TPSA) is 77.2 Å². The minimum absolute atomic E-state index is 0.126. The van der Waals surface area contributed by atoms with Crippen LogP contribution in [0.1, 0.15) is 36.2 Å². The van der Waals surface area contributed by atoms with E-state index in [0.717, 1.165) is 30.4 Å². The molecule has 7 heteroatoms. The number of hydrogen-bond acceptors (Lipinski definition) is 4. The third kappa shape index (κ3) is 3.32. The van der Waals surface area contributed by atoms with Crippen LogP contribution in [0.5, 0.6) is 0 Å². The molecule has 1 aromatic heterocycles. The van der Waals surface area contributed by atoms with Crippen LogP contribution in [-0.4, -0.2) is 38.2 Å². The summed E-state index contributed by atoms with van der Waals surface area (Å²) >= 11 is 0. The first-order valence-corrected chi connectivity index (χ1v) is 10.5. The molecular weight excluding hydrogens is 368 g/mol. The van der Waals surface area contributed by atoms with Gasteiger partial charge >= 0.3 is 11.1 Å². The lowest BCUT2D eigenvalue weighted by molar-refractivity contribution is -0.129. The number of amides is 1. The Morgan fingerprint density at radius 3 is 2.72 bits per heavy atom. The number of likely N-dealkylation sites (tertiary alicyclic amines) is 1. The van der Waals surface area contributed by atoms with E-state index in [4.69, 9.17) is 0 Å². The number of carbonyl (C=O) groups is 1. The average molecular weight is 394 g/mol. The van der Waals surface area contributed by atoms with Crippen LogP contribution in [0.25, 0.3) is 0 Å². The van der Waals surface area contributed by atoms with Crippen molar-refractivity contribution in [3.05, 3.63) is 61.9 Å². The minimum atomic E-state index is -0.511. The first kappa shape index (κ1) is 18.3. The first-order valence-electron chi connectivity index (χ1n) is 10.5. The molecule has 1 aliphatic carbocycles. The molecule has 5 rings (SSSR count). The van der Waals surface area contributed by atoms with E-state index in [9.17, 15) is 14.4 Å². The highest BCUT2D eigenvalue weighted by atomic mass is 16.2. The molecule has 1 saturated heterocycles. The number of rotatable bonds is 4. The summed E-state index contributed by atoms with van der Waals surface area (Å²) in [7, 11) is 0. The van der Waals surface area contributed by atoms with Crippen LogP contribution in [0.3, 0.4) is 0 Å². The van der Waals surface area contributed by atoms with E-state index in [1.165, 1.54) is 4.68 Å². The SMILES string of the molecule is Cc1ccccc1CC(=O)N1CCC2(Cc3nn(CC4CC4)c(=O)c(=O)n3C2)C1. The van der Waals surface area contributed by atoms with Gasteiger partial charge in [0.05, 0.1) is 6.42 Å². The fourth-order valence-electron chi connectivity index (χ4n) is 4.78. The number of fused-ring (bicyclic) bond motifs is 1. The predicted molar refractivity (Wildman–Crippen MR) is 108 cm³/mol. The Hall–Kier alpha value is -2.70. The smallest absolute Gasteiger partial charge is 0.332 e. The molecule has 1 atom stereocenters. The van der Waals surface area contributed by atoms with Crippen molar-refractivity contribution in [1.82, 2.24) is 19.2 Å². The van der Waals surface area contributed by atoms with Gasteiger partial charge in [-0.3, -0.25) is 19.0 Å². The standard InChI is InChI=1S/C22H26N4O3/c1-15-4-2-3-5-17(15)10-19(27)24-9-8-22(13-24)11-18-23-26(12-16-6-7-16)21(29)20(28)25(18)14-22/h2-5,16H,6-14H2,1H3. The average Bonchev–Trinajstić information content (AvgIpc) is 3.31. The number of benzene rings is 1. The number of nitrogens with zero attached hydrogens (tertiary/aromatic N) is 4. The number of hydrogen-bond donors (Lipinski definition) is 0. The molecule has 2 fully saturated rings. The van der Waals surface area contributed by atoms with Crippen molar-refractivity contribution in [3.8, 4) is 0 Å². The van der Waals surface area contributed by atoms with Crippen LogP contribution in [0, 0.1) is 18.3 Å². The number of carbonyl (C=O) groups excluding carboxylic acids is 1. The van der Waals surface area contributed by atoms with Gasteiger partial charge in [-0.05, 0) is 43.2 Å². The summed E-state index contributed by atoms with van der Waals surface area (Å²) in [6.07, 6.45) is 4.11. The van der Waals surface area contributed by atoms with Crippen LogP contribution in [0.2, 0.25) is 0 Å². The zero-order valence-corrected chi connectivity index (χ0v) is 16.8. The summed E-state index contributed by atoms with van der Waals surface area (Å²) in [5.74, 6) is 1.31. The number of aromatic nitrogens is 3. The van der Waals surface area contributed by atoms with Crippen LogP contribution in [0.4, 0.5) is 0 Å². The first-order chi connectivity index (χ1) is 13.9. The third-order valence-corrected chi connectivity index (χ3v) is 6.76. The summed E-state index contributed by atoms with van der Waals surface area (Å²) in [6, 6.07) is 7.97. The lowest BCUT2D eigenvalue weighted by Gasteiger charge is -2.23. The largest absolute Gasteiger partial charge is 0.342 e. The summed E-state index contributed by atoms with van der Waals surface area (Å²) in [5, 5.41) is 4.53. The van der Waals surface area contributed by atoms with Crippen molar-refractivity contribution in [3.63, 3.8) is 0 Å². The molecule has 3 heterocycles. The second-order valence-corrected chi connectivity index (χ2v) is 9.08. The fourth-order valence-corrected chi connectivity index (χ4v) is 4.78. The van der Waals surface area contributed by atoms with Crippen LogP contribution >= 0.6 is 0 Å². The normalized spacial score (nSPS) is 23.0. The molecule has 1 saturated carbocycles. The Labute approximate surface area is 169 Å². The molecule has 1 amide bonds. The monoisotopic (exact) mass is 394 g/mol. The van der Waals surface area contributed by atoms with E-state index in [2.05, 4.69) is 5.10 Å². The summed E-state index contributed by atoms with van der Waals surface area (Å²) < 4.78 is 2.93. The van der Waals surface area contributed by atoms with E-state index in [-0.39, 0.29) is 11.3 Å². The molecule has 2 aliphatic heterocycles. The molecule has 2 aromatic rings. The van der Waals surface area contributed by atoms with Crippen LogP contribution in [0.15, 0.2) is 33.9 Å². The third-order valence-electron chi connectivity index (χ3n) is 6.76. The van der Waals surface area contributed by atoms with Crippen molar-refractivity contribution in [2.24, 2.45) is 11.3 Å².